The van der Waals surface area contributed by atoms with Gasteiger partial charge in [-0.05, 0) is 55.3 Å². The molecule has 3 aromatic carbocycles. The van der Waals surface area contributed by atoms with Crippen LogP contribution < -0.4 is 15.0 Å². The fourth-order valence-corrected chi connectivity index (χ4v) is 4.09. The van der Waals surface area contributed by atoms with Gasteiger partial charge in [0.1, 0.15) is 11.3 Å². The smallest absolute Gasteiger partial charge is 0.259 e. The van der Waals surface area contributed by atoms with Crippen molar-refractivity contribution in [3.63, 3.8) is 0 Å². The molecule has 0 aliphatic carbocycles. The van der Waals surface area contributed by atoms with Crippen LogP contribution in [0, 0.1) is 0 Å². The lowest BCUT2D eigenvalue weighted by atomic mass is 9.82. The van der Waals surface area contributed by atoms with Gasteiger partial charge < -0.3 is 10.1 Å². The van der Waals surface area contributed by atoms with Crippen molar-refractivity contribution in [1.29, 1.82) is 0 Å². The van der Waals surface area contributed by atoms with Crippen LogP contribution >= 0.6 is 0 Å². The molecule has 0 fully saturated rings. The molecule has 158 valence electrons. The molecule has 31 heavy (non-hydrogen) atoms. The van der Waals surface area contributed by atoms with Crippen molar-refractivity contribution >= 4 is 17.5 Å². The zero-order valence-corrected chi connectivity index (χ0v) is 17.8. The number of carbonyl (C=O) groups is 2. The highest BCUT2D eigenvalue weighted by molar-refractivity contribution is 6.14. The third-order valence-electron chi connectivity index (χ3n) is 5.67. The maximum atomic E-state index is 13.5. The molecule has 5 heteroatoms. The maximum absolute atomic E-state index is 13.5. The summed E-state index contributed by atoms with van der Waals surface area (Å²) < 4.78 is 5.54. The van der Waals surface area contributed by atoms with Gasteiger partial charge in [0, 0.05) is 24.2 Å². The van der Waals surface area contributed by atoms with E-state index in [2.05, 4.69) is 5.32 Å². The van der Waals surface area contributed by atoms with E-state index < -0.39 is 5.54 Å². The molecule has 0 saturated carbocycles. The summed E-state index contributed by atoms with van der Waals surface area (Å²) in [6, 6.07) is 24.6. The van der Waals surface area contributed by atoms with E-state index in [0.717, 1.165) is 16.9 Å². The van der Waals surface area contributed by atoms with Gasteiger partial charge in [-0.3, -0.25) is 14.5 Å². The van der Waals surface area contributed by atoms with E-state index in [1.807, 2.05) is 92.7 Å². The molecule has 4 rings (SSSR count). The third-order valence-corrected chi connectivity index (χ3v) is 5.67. The van der Waals surface area contributed by atoms with Gasteiger partial charge >= 0.3 is 0 Å². The number of hydrogen-bond acceptors (Lipinski definition) is 3. The highest BCUT2D eigenvalue weighted by Gasteiger charge is 2.47. The number of hydrogen-bond donors (Lipinski definition) is 1. The molecule has 0 spiro atoms. The Labute approximate surface area is 182 Å². The van der Waals surface area contributed by atoms with Crippen molar-refractivity contribution < 1.29 is 14.3 Å². The minimum absolute atomic E-state index is 0.177. The molecule has 5 nitrogen and oxygen atoms in total. The van der Waals surface area contributed by atoms with Gasteiger partial charge in [0.05, 0.1) is 6.61 Å². The van der Waals surface area contributed by atoms with Gasteiger partial charge in [0.2, 0.25) is 5.91 Å². The van der Waals surface area contributed by atoms with Crippen LogP contribution in [0.25, 0.3) is 0 Å². The second kappa shape index (κ2) is 8.64. The summed E-state index contributed by atoms with van der Waals surface area (Å²) in [5.74, 6) is 0.364. The van der Waals surface area contributed by atoms with Crippen molar-refractivity contribution in [2.24, 2.45) is 0 Å². The Bertz CT molecular complexity index is 1080. The highest BCUT2D eigenvalue weighted by Crippen LogP contribution is 2.36. The number of amides is 2. The van der Waals surface area contributed by atoms with Gasteiger partial charge in [-0.2, -0.15) is 0 Å². The highest BCUT2D eigenvalue weighted by atomic mass is 16.5. The molecule has 0 radical (unpaired) electrons. The van der Waals surface area contributed by atoms with Crippen molar-refractivity contribution in [1.82, 2.24) is 5.32 Å². The van der Waals surface area contributed by atoms with Crippen molar-refractivity contribution in [3.05, 3.63) is 95.6 Å². The van der Waals surface area contributed by atoms with Crippen molar-refractivity contribution in [2.45, 2.75) is 32.4 Å². The average Bonchev–Trinajstić information content (AvgIpc) is 2.79. The molecular weight excluding hydrogens is 388 g/mol. The summed E-state index contributed by atoms with van der Waals surface area (Å²) in [6.45, 7) is 4.72. The van der Waals surface area contributed by atoms with E-state index in [4.69, 9.17) is 4.74 Å². The Hall–Kier alpha value is -3.60. The largest absolute Gasteiger partial charge is 0.494 e. The lowest BCUT2D eigenvalue weighted by Gasteiger charge is -2.44. The van der Waals surface area contributed by atoms with Crippen LogP contribution in [-0.2, 0) is 17.8 Å². The van der Waals surface area contributed by atoms with Gasteiger partial charge in [0.25, 0.3) is 5.91 Å². The van der Waals surface area contributed by atoms with Gasteiger partial charge in [-0.1, -0.05) is 48.5 Å². The molecule has 0 saturated heterocycles. The Kier molecular flexibility index (Phi) is 5.76. The predicted octanol–water partition coefficient (Wildman–Crippen LogP) is 4.36. The average molecular weight is 415 g/mol. The van der Waals surface area contributed by atoms with Crippen LogP contribution in [0.4, 0.5) is 5.69 Å². The van der Waals surface area contributed by atoms with Gasteiger partial charge in [-0.25, -0.2) is 0 Å². The first-order valence-corrected chi connectivity index (χ1v) is 10.5. The molecule has 0 aromatic heterocycles. The number of fused-ring (bicyclic) bond motifs is 1. The molecule has 1 aliphatic rings. The molecule has 1 atom stereocenters. The summed E-state index contributed by atoms with van der Waals surface area (Å²) in [5, 5.41) is 3.03. The summed E-state index contributed by atoms with van der Waals surface area (Å²) in [6.07, 6.45) is 0.433. The van der Waals surface area contributed by atoms with E-state index in [1.54, 1.807) is 4.90 Å². The quantitative estimate of drug-likeness (QED) is 0.652. The van der Waals surface area contributed by atoms with Crippen LogP contribution in [-0.4, -0.2) is 24.0 Å². The van der Waals surface area contributed by atoms with E-state index in [0.29, 0.717) is 30.8 Å². The Morgan fingerprint density at radius 3 is 2.39 bits per heavy atom. The zero-order chi connectivity index (χ0) is 21.8. The summed E-state index contributed by atoms with van der Waals surface area (Å²) in [7, 11) is 0. The first-order valence-electron chi connectivity index (χ1n) is 10.5. The summed E-state index contributed by atoms with van der Waals surface area (Å²) in [5.41, 5.74) is 2.12. The van der Waals surface area contributed by atoms with Gasteiger partial charge in [-0.15, -0.1) is 0 Å². The van der Waals surface area contributed by atoms with Crippen LogP contribution in [0.3, 0.4) is 0 Å². The normalized spacial score (nSPS) is 17.7. The number of anilines is 1. The number of ether oxygens (including phenoxy) is 1. The number of rotatable bonds is 6. The first kappa shape index (κ1) is 20.7. The van der Waals surface area contributed by atoms with E-state index >= 15 is 0 Å². The molecule has 1 unspecified atom stereocenters. The predicted molar refractivity (Wildman–Crippen MR) is 121 cm³/mol. The van der Waals surface area contributed by atoms with Crippen molar-refractivity contribution in [3.8, 4) is 5.75 Å². The third kappa shape index (κ3) is 4.04. The minimum Gasteiger partial charge on any atom is -0.494 e. The van der Waals surface area contributed by atoms with Crippen LogP contribution in [0.5, 0.6) is 5.75 Å². The molecule has 1 heterocycles. The van der Waals surface area contributed by atoms with Crippen LogP contribution in [0.2, 0.25) is 0 Å². The number of carbonyl (C=O) groups excluding carboxylic acids is 2. The Morgan fingerprint density at radius 1 is 1.00 bits per heavy atom. The number of benzene rings is 3. The molecule has 3 aromatic rings. The SMILES string of the molecule is CCOc1ccc(N2C(=O)c3ccccc3CC2(C)C(=O)NCc2ccccc2)cc1. The molecular formula is C26H26N2O3. The Morgan fingerprint density at radius 2 is 1.68 bits per heavy atom. The lowest BCUT2D eigenvalue weighted by Crippen LogP contribution is -2.63. The Balaban J connectivity index is 1.69. The van der Waals surface area contributed by atoms with Crippen molar-refractivity contribution in [2.75, 3.05) is 11.5 Å². The van der Waals surface area contributed by atoms with Crippen LogP contribution in [0.1, 0.15) is 35.3 Å². The fraction of sp³-hybridized carbons (Fsp3) is 0.231. The monoisotopic (exact) mass is 414 g/mol. The molecule has 2 amide bonds. The topological polar surface area (TPSA) is 58.6 Å². The first-order chi connectivity index (χ1) is 15.0. The summed E-state index contributed by atoms with van der Waals surface area (Å²) in [4.78, 5) is 28.6. The lowest BCUT2D eigenvalue weighted by molar-refractivity contribution is -0.126. The zero-order valence-electron chi connectivity index (χ0n) is 17.8. The summed E-state index contributed by atoms with van der Waals surface area (Å²) >= 11 is 0. The number of nitrogens with zero attached hydrogens (tertiary/aromatic N) is 1. The second-order valence-corrected chi connectivity index (χ2v) is 7.84. The van der Waals surface area contributed by atoms with E-state index in [-0.39, 0.29) is 11.8 Å². The molecule has 1 aliphatic heterocycles. The van der Waals surface area contributed by atoms with Crippen LogP contribution in [0.15, 0.2) is 78.9 Å². The maximum Gasteiger partial charge on any atom is 0.259 e. The standard InChI is InChI=1S/C26H26N2O3/c1-3-31-22-15-13-21(14-16-22)28-24(29)23-12-8-7-11-20(23)17-26(28,2)25(30)27-18-19-9-5-4-6-10-19/h4-16H,3,17-18H2,1-2H3,(H,27,30). The minimum atomic E-state index is -1.06. The fourth-order valence-electron chi connectivity index (χ4n) is 4.09. The second-order valence-electron chi connectivity index (χ2n) is 7.84. The molecule has 1 N–H and O–H groups in total. The van der Waals surface area contributed by atoms with E-state index in [9.17, 15) is 9.59 Å². The van der Waals surface area contributed by atoms with Gasteiger partial charge in [0.15, 0.2) is 0 Å². The molecule has 0 bridgehead atoms. The van der Waals surface area contributed by atoms with E-state index in [1.165, 1.54) is 0 Å². The number of nitrogens with one attached hydrogen (secondary N) is 1.